The Balaban J connectivity index is 1.69. The molecule has 3 aliphatic rings. The van der Waals surface area contributed by atoms with Gasteiger partial charge in [0.15, 0.2) is 6.67 Å². The van der Waals surface area contributed by atoms with Crippen molar-refractivity contribution in [3.05, 3.63) is 0 Å². The van der Waals surface area contributed by atoms with Crippen LogP contribution in [0.4, 0.5) is 4.79 Å². The second-order valence-electron chi connectivity index (χ2n) is 7.60. The highest BCUT2D eigenvalue weighted by molar-refractivity contribution is 6.06. The van der Waals surface area contributed by atoms with E-state index in [-0.39, 0.29) is 11.9 Å². The lowest BCUT2D eigenvalue weighted by Gasteiger charge is -2.35. The van der Waals surface area contributed by atoms with Gasteiger partial charge in [0.1, 0.15) is 5.54 Å². The maximum Gasteiger partial charge on any atom is 0.329 e. The predicted octanol–water partition coefficient (Wildman–Crippen LogP) is 1.29. The molecule has 2 heterocycles. The van der Waals surface area contributed by atoms with Crippen LogP contribution in [0.25, 0.3) is 0 Å². The molecule has 22 heavy (non-hydrogen) atoms. The Morgan fingerprint density at radius 3 is 2.64 bits per heavy atom. The standard InChI is InChI=1S/C17H29N3O2/c1-3-14-6-4-5-11-19(14)12-20-15(21)17(18-16(20)22)9-7-13(2)8-10-17/h13-14H,3-12H2,1-2H3,(H,18,22)/p+1/t13?,14-,17?/m1/s1. The van der Waals surface area contributed by atoms with Gasteiger partial charge in [-0.2, -0.15) is 0 Å². The first-order valence-electron chi connectivity index (χ1n) is 9.04. The van der Waals surface area contributed by atoms with Gasteiger partial charge >= 0.3 is 6.03 Å². The van der Waals surface area contributed by atoms with Crippen LogP contribution in [-0.2, 0) is 4.79 Å². The van der Waals surface area contributed by atoms with Crippen LogP contribution in [0.3, 0.4) is 0 Å². The lowest BCUT2D eigenvalue weighted by molar-refractivity contribution is -0.937. The van der Waals surface area contributed by atoms with E-state index in [1.807, 2.05) is 0 Å². The number of quaternary nitrogens is 1. The van der Waals surface area contributed by atoms with E-state index in [0.29, 0.717) is 18.6 Å². The molecule has 1 unspecified atom stereocenters. The van der Waals surface area contributed by atoms with Gasteiger partial charge in [0, 0.05) is 0 Å². The number of rotatable bonds is 3. The largest absolute Gasteiger partial charge is 0.329 e. The lowest BCUT2D eigenvalue weighted by Crippen LogP contribution is -3.18. The van der Waals surface area contributed by atoms with E-state index in [0.717, 1.165) is 38.6 Å². The number of piperidine rings is 1. The van der Waals surface area contributed by atoms with Crippen LogP contribution in [0, 0.1) is 5.92 Å². The smallest absolute Gasteiger partial charge is 0.323 e. The van der Waals surface area contributed by atoms with Gasteiger partial charge in [0.25, 0.3) is 5.91 Å². The number of likely N-dealkylation sites (tertiary alicyclic amines) is 1. The number of nitrogens with one attached hydrogen (secondary N) is 2. The minimum absolute atomic E-state index is 0.0392. The fraction of sp³-hybridized carbons (Fsp3) is 0.882. The quantitative estimate of drug-likeness (QED) is 0.772. The van der Waals surface area contributed by atoms with Crippen molar-refractivity contribution >= 4 is 11.9 Å². The van der Waals surface area contributed by atoms with Crippen LogP contribution in [-0.4, -0.2) is 41.6 Å². The molecule has 5 heteroatoms. The third kappa shape index (κ3) is 2.75. The fourth-order valence-electron chi connectivity index (χ4n) is 4.47. The van der Waals surface area contributed by atoms with Crippen LogP contribution < -0.4 is 10.2 Å². The minimum Gasteiger partial charge on any atom is -0.323 e. The van der Waals surface area contributed by atoms with Crippen molar-refractivity contribution in [1.82, 2.24) is 10.2 Å². The van der Waals surface area contributed by atoms with Crippen molar-refractivity contribution in [3.63, 3.8) is 0 Å². The number of nitrogens with zero attached hydrogens (tertiary/aromatic N) is 1. The van der Waals surface area contributed by atoms with Gasteiger partial charge in [-0.1, -0.05) is 13.8 Å². The van der Waals surface area contributed by atoms with Crippen LogP contribution in [0.15, 0.2) is 0 Å². The molecule has 1 aliphatic carbocycles. The summed E-state index contributed by atoms with van der Waals surface area (Å²) in [6, 6.07) is 0.435. The van der Waals surface area contributed by atoms with E-state index < -0.39 is 5.54 Å². The number of hydrogen-bond donors (Lipinski definition) is 2. The van der Waals surface area contributed by atoms with Gasteiger partial charge in [-0.05, 0) is 57.3 Å². The Kier molecular flexibility index (Phi) is 4.44. The van der Waals surface area contributed by atoms with Crippen molar-refractivity contribution in [2.75, 3.05) is 13.2 Å². The first-order chi connectivity index (χ1) is 10.6. The second-order valence-corrected chi connectivity index (χ2v) is 7.60. The molecule has 2 atom stereocenters. The zero-order valence-corrected chi connectivity index (χ0v) is 14.0. The van der Waals surface area contributed by atoms with E-state index in [2.05, 4.69) is 19.2 Å². The summed E-state index contributed by atoms with van der Waals surface area (Å²) in [4.78, 5) is 28.2. The van der Waals surface area contributed by atoms with E-state index >= 15 is 0 Å². The molecule has 0 bridgehead atoms. The molecule has 0 aromatic heterocycles. The van der Waals surface area contributed by atoms with Crippen molar-refractivity contribution in [2.24, 2.45) is 5.92 Å². The molecule has 3 fully saturated rings. The number of hydrogen-bond acceptors (Lipinski definition) is 2. The number of carbonyl (C=O) groups is 2. The highest BCUT2D eigenvalue weighted by Crippen LogP contribution is 2.36. The summed E-state index contributed by atoms with van der Waals surface area (Å²) in [5, 5.41) is 3.04. The number of urea groups is 1. The molecule has 3 rings (SSSR count). The van der Waals surface area contributed by atoms with E-state index in [9.17, 15) is 9.59 Å². The summed E-state index contributed by atoms with van der Waals surface area (Å²) in [5.74, 6) is 0.707. The SMILES string of the molecule is CC[C@@H]1CCCC[NH+]1CN1C(=O)NC2(CCC(C)CC2)C1=O. The Labute approximate surface area is 133 Å². The second kappa shape index (κ2) is 6.19. The minimum atomic E-state index is -0.583. The van der Waals surface area contributed by atoms with Crippen molar-refractivity contribution in [2.45, 2.75) is 76.8 Å². The van der Waals surface area contributed by atoms with Crippen LogP contribution in [0.1, 0.15) is 65.2 Å². The number of carbonyl (C=O) groups excluding carboxylic acids is 2. The average molecular weight is 308 g/mol. The molecule has 1 spiro atoms. The summed E-state index contributed by atoms with van der Waals surface area (Å²) in [7, 11) is 0. The molecule has 5 nitrogen and oxygen atoms in total. The van der Waals surface area contributed by atoms with E-state index in [1.165, 1.54) is 29.1 Å². The Morgan fingerprint density at radius 2 is 1.95 bits per heavy atom. The van der Waals surface area contributed by atoms with Gasteiger partial charge in [-0.25, -0.2) is 9.69 Å². The van der Waals surface area contributed by atoms with Gasteiger partial charge < -0.3 is 10.2 Å². The molecule has 2 saturated heterocycles. The molecule has 3 amide bonds. The molecule has 1 saturated carbocycles. The van der Waals surface area contributed by atoms with E-state index in [1.54, 1.807) is 0 Å². The fourth-order valence-corrected chi connectivity index (χ4v) is 4.47. The summed E-state index contributed by atoms with van der Waals surface area (Å²) in [5.41, 5.74) is -0.583. The molecule has 0 radical (unpaired) electrons. The summed E-state index contributed by atoms with van der Waals surface area (Å²) in [6.07, 6.45) is 8.52. The molecule has 0 aromatic carbocycles. The van der Waals surface area contributed by atoms with E-state index in [4.69, 9.17) is 0 Å². The third-order valence-electron chi connectivity index (χ3n) is 6.11. The normalized spacial score (nSPS) is 39.4. The third-order valence-corrected chi connectivity index (χ3v) is 6.11. The number of imide groups is 1. The molecular weight excluding hydrogens is 278 g/mol. The zero-order chi connectivity index (χ0) is 15.7. The highest BCUT2D eigenvalue weighted by Gasteiger charge is 2.53. The van der Waals surface area contributed by atoms with Gasteiger partial charge in [-0.3, -0.25) is 4.79 Å². The van der Waals surface area contributed by atoms with Crippen LogP contribution in [0.5, 0.6) is 0 Å². The Bertz CT molecular complexity index is 443. The van der Waals surface area contributed by atoms with Gasteiger partial charge in [-0.15, -0.1) is 0 Å². The van der Waals surface area contributed by atoms with Crippen molar-refractivity contribution in [3.8, 4) is 0 Å². The van der Waals surface area contributed by atoms with Crippen LogP contribution >= 0.6 is 0 Å². The molecule has 2 aliphatic heterocycles. The van der Waals surface area contributed by atoms with Crippen molar-refractivity contribution < 1.29 is 14.5 Å². The maximum atomic E-state index is 12.9. The summed E-state index contributed by atoms with van der Waals surface area (Å²) >= 11 is 0. The number of amides is 3. The van der Waals surface area contributed by atoms with Gasteiger partial charge in [0.2, 0.25) is 0 Å². The summed E-state index contributed by atoms with van der Waals surface area (Å²) in [6.45, 7) is 6.08. The molecule has 0 aromatic rings. The van der Waals surface area contributed by atoms with Gasteiger partial charge in [0.05, 0.1) is 12.6 Å². The highest BCUT2D eigenvalue weighted by atomic mass is 16.2. The monoisotopic (exact) mass is 308 g/mol. The molecular formula is C17H30N3O2+. The first kappa shape index (κ1) is 15.8. The predicted molar refractivity (Wildman–Crippen MR) is 84.4 cm³/mol. The average Bonchev–Trinajstić information content (AvgIpc) is 2.75. The molecule has 2 N–H and O–H groups in total. The lowest BCUT2D eigenvalue weighted by atomic mass is 9.77. The maximum absolute atomic E-state index is 12.9. The Hall–Kier alpha value is -1.10. The summed E-state index contributed by atoms with van der Waals surface area (Å²) < 4.78 is 0. The van der Waals surface area contributed by atoms with Crippen LogP contribution in [0.2, 0.25) is 0 Å². The molecule has 124 valence electrons. The first-order valence-corrected chi connectivity index (χ1v) is 9.04. The van der Waals surface area contributed by atoms with Crippen molar-refractivity contribution in [1.29, 1.82) is 0 Å². The zero-order valence-electron chi connectivity index (χ0n) is 14.0. The Morgan fingerprint density at radius 1 is 1.23 bits per heavy atom. The topological polar surface area (TPSA) is 53.9 Å².